The average Bonchev–Trinajstić information content (AvgIpc) is 2.94. The van der Waals surface area contributed by atoms with Crippen LogP contribution < -0.4 is 0 Å². The van der Waals surface area contributed by atoms with Crippen molar-refractivity contribution >= 4 is 33.6 Å². The maximum Gasteiger partial charge on any atom is 0.309 e. The first-order valence-electron chi connectivity index (χ1n) is 4.95. The molecular formula is C11H8N2O2S2. The lowest BCUT2D eigenvalue weighted by molar-refractivity contribution is -0.136. The van der Waals surface area contributed by atoms with Gasteiger partial charge >= 0.3 is 5.97 Å². The van der Waals surface area contributed by atoms with Crippen LogP contribution in [-0.4, -0.2) is 20.5 Å². The van der Waals surface area contributed by atoms with E-state index in [1.165, 1.54) is 11.3 Å². The monoisotopic (exact) mass is 264 g/mol. The molecule has 3 rings (SSSR count). The quantitative estimate of drug-likeness (QED) is 0.791. The molecule has 3 aromatic rings. The maximum atomic E-state index is 10.8. The summed E-state index contributed by atoms with van der Waals surface area (Å²) in [5, 5.41) is 12.9. The molecule has 0 saturated heterocycles. The molecule has 0 aliphatic rings. The molecule has 17 heavy (non-hydrogen) atoms. The third kappa shape index (κ3) is 1.75. The number of nitrogens with zero attached hydrogens (tertiary/aromatic N) is 2. The van der Waals surface area contributed by atoms with Crippen LogP contribution in [0.5, 0.6) is 0 Å². The molecule has 0 aromatic carbocycles. The van der Waals surface area contributed by atoms with Gasteiger partial charge in [-0.2, -0.15) is 0 Å². The van der Waals surface area contributed by atoms with Crippen molar-refractivity contribution in [3.8, 4) is 10.6 Å². The van der Waals surface area contributed by atoms with Crippen LogP contribution in [0.25, 0.3) is 15.5 Å². The summed E-state index contributed by atoms with van der Waals surface area (Å²) >= 11 is 3.16. The van der Waals surface area contributed by atoms with Crippen LogP contribution in [0.3, 0.4) is 0 Å². The van der Waals surface area contributed by atoms with Gasteiger partial charge < -0.3 is 5.11 Å². The van der Waals surface area contributed by atoms with Gasteiger partial charge in [0.2, 0.25) is 0 Å². The van der Waals surface area contributed by atoms with Crippen molar-refractivity contribution in [2.45, 2.75) is 6.42 Å². The number of rotatable bonds is 3. The number of hydrogen-bond acceptors (Lipinski definition) is 4. The summed E-state index contributed by atoms with van der Waals surface area (Å²) in [5.41, 5.74) is 1.74. The third-order valence-electron chi connectivity index (χ3n) is 2.43. The molecule has 0 aliphatic carbocycles. The van der Waals surface area contributed by atoms with Crippen molar-refractivity contribution in [3.63, 3.8) is 0 Å². The summed E-state index contributed by atoms with van der Waals surface area (Å²) in [5.74, 6) is -0.838. The predicted octanol–water partition coefficient (Wildman–Crippen LogP) is 2.75. The summed E-state index contributed by atoms with van der Waals surface area (Å²) in [4.78, 5) is 17.0. The molecule has 4 nitrogen and oxygen atoms in total. The van der Waals surface area contributed by atoms with Gasteiger partial charge in [0, 0.05) is 5.38 Å². The second kappa shape index (κ2) is 3.97. The lowest BCUT2D eigenvalue weighted by atomic mass is 10.3. The number of carboxylic acids is 1. The highest BCUT2D eigenvalue weighted by atomic mass is 32.1. The number of aromatic nitrogens is 2. The molecule has 0 aliphatic heterocycles. The Balaban J connectivity index is 2.19. The second-order valence-corrected chi connectivity index (χ2v) is 5.32. The van der Waals surface area contributed by atoms with Crippen LogP contribution in [0.1, 0.15) is 5.69 Å². The number of imidazole rings is 1. The fraction of sp³-hybridized carbons (Fsp3) is 0.0909. The van der Waals surface area contributed by atoms with Gasteiger partial charge in [0.15, 0.2) is 4.96 Å². The lowest BCUT2D eigenvalue weighted by Gasteiger charge is -1.99. The van der Waals surface area contributed by atoms with E-state index in [1.54, 1.807) is 17.5 Å². The molecule has 3 aromatic heterocycles. The Morgan fingerprint density at radius 1 is 1.47 bits per heavy atom. The molecule has 0 fully saturated rings. The molecular weight excluding hydrogens is 256 g/mol. The van der Waals surface area contributed by atoms with Crippen molar-refractivity contribution < 1.29 is 9.90 Å². The van der Waals surface area contributed by atoms with E-state index in [0.717, 1.165) is 21.2 Å². The zero-order valence-electron chi connectivity index (χ0n) is 8.66. The maximum absolute atomic E-state index is 10.8. The summed E-state index contributed by atoms with van der Waals surface area (Å²) in [6, 6.07) is 4.01. The zero-order valence-corrected chi connectivity index (χ0v) is 10.3. The van der Waals surface area contributed by atoms with Crippen molar-refractivity contribution in [3.05, 3.63) is 34.8 Å². The summed E-state index contributed by atoms with van der Waals surface area (Å²) < 4.78 is 1.92. The van der Waals surface area contributed by atoms with E-state index in [0.29, 0.717) is 0 Å². The Hall–Kier alpha value is -1.66. The number of thiophene rings is 1. The minimum Gasteiger partial charge on any atom is -0.481 e. The smallest absolute Gasteiger partial charge is 0.309 e. The summed E-state index contributed by atoms with van der Waals surface area (Å²) in [6.07, 6.45) is 1.63. The topological polar surface area (TPSA) is 54.6 Å². The first-order valence-corrected chi connectivity index (χ1v) is 6.71. The number of thiazole rings is 1. The SMILES string of the molecule is O=C(O)Cc1cnc2scc(-c3cccs3)n12. The van der Waals surface area contributed by atoms with Crippen LogP contribution in [0.4, 0.5) is 0 Å². The van der Waals surface area contributed by atoms with Gasteiger partial charge in [-0.3, -0.25) is 9.20 Å². The van der Waals surface area contributed by atoms with Crippen LogP contribution in [0, 0.1) is 0 Å². The van der Waals surface area contributed by atoms with Crippen molar-refractivity contribution in [1.82, 2.24) is 9.38 Å². The van der Waals surface area contributed by atoms with Crippen molar-refractivity contribution in [1.29, 1.82) is 0 Å². The Labute approximate surface area is 105 Å². The van der Waals surface area contributed by atoms with Gasteiger partial charge in [-0.05, 0) is 11.4 Å². The van der Waals surface area contributed by atoms with E-state index in [-0.39, 0.29) is 6.42 Å². The predicted molar refractivity (Wildman–Crippen MR) is 67.7 cm³/mol. The van der Waals surface area contributed by atoms with Crippen LogP contribution in [0.2, 0.25) is 0 Å². The molecule has 0 amide bonds. The van der Waals surface area contributed by atoms with Crippen LogP contribution >= 0.6 is 22.7 Å². The first kappa shape index (κ1) is 10.5. The third-order valence-corrected chi connectivity index (χ3v) is 4.16. The Kier molecular flexibility index (Phi) is 2.45. The molecule has 86 valence electrons. The van der Waals surface area contributed by atoms with E-state index >= 15 is 0 Å². The molecule has 3 heterocycles. The molecule has 0 saturated carbocycles. The van der Waals surface area contributed by atoms with Gasteiger partial charge in [0.25, 0.3) is 0 Å². The molecule has 0 radical (unpaired) electrons. The minimum absolute atomic E-state index is 0.00370. The number of carbonyl (C=O) groups is 1. The van der Waals surface area contributed by atoms with Gasteiger partial charge in [-0.25, -0.2) is 4.98 Å². The fourth-order valence-corrected chi connectivity index (χ4v) is 3.43. The van der Waals surface area contributed by atoms with Crippen LogP contribution in [-0.2, 0) is 11.2 Å². The molecule has 6 heteroatoms. The van der Waals surface area contributed by atoms with Gasteiger partial charge in [-0.15, -0.1) is 22.7 Å². The molecule has 0 atom stereocenters. The Morgan fingerprint density at radius 2 is 2.35 bits per heavy atom. The van der Waals surface area contributed by atoms with E-state index in [1.807, 2.05) is 27.3 Å². The van der Waals surface area contributed by atoms with E-state index in [2.05, 4.69) is 4.98 Å². The van der Waals surface area contributed by atoms with Crippen molar-refractivity contribution in [2.75, 3.05) is 0 Å². The van der Waals surface area contributed by atoms with E-state index < -0.39 is 5.97 Å². The Bertz CT molecular complexity index is 667. The molecule has 0 bridgehead atoms. The van der Waals surface area contributed by atoms with Gasteiger partial charge in [0.05, 0.1) is 28.9 Å². The van der Waals surface area contributed by atoms with Gasteiger partial charge in [-0.1, -0.05) is 6.07 Å². The fourth-order valence-electron chi connectivity index (χ4n) is 1.74. The standard InChI is InChI=1S/C11H8N2O2S2/c14-10(15)4-7-5-12-11-13(7)8(6-17-11)9-2-1-3-16-9/h1-3,5-6H,4H2,(H,14,15). The van der Waals surface area contributed by atoms with Gasteiger partial charge in [0.1, 0.15) is 0 Å². The highest BCUT2D eigenvalue weighted by Gasteiger charge is 2.14. The number of hydrogen-bond donors (Lipinski definition) is 1. The summed E-state index contributed by atoms with van der Waals surface area (Å²) in [6.45, 7) is 0. The molecule has 0 unspecified atom stereocenters. The van der Waals surface area contributed by atoms with E-state index in [9.17, 15) is 4.79 Å². The van der Waals surface area contributed by atoms with Crippen molar-refractivity contribution in [2.24, 2.45) is 0 Å². The largest absolute Gasteiger partial charge is 0.481 e. The average molecular weight is 264 g/mol. The van der Waals surface area contributed by atoms with Crippen LogP contribution in [0.15, 0.2) is 29.1 Å². The summed E-state index contributed by atoms with van der Waals surface area (Å²) in [7, 11) is 0. The van der Waals surface area contributed by atoms with E-state index in [4.69, 9.17) is 5.11 Å². The molecule has 0 spiro atoms. The number of carboxylic acid groups (broad SMARTS) is 1. The number of aliphatic carboxylic acids is 1. The first-order chi connectivity index (χ1) is 8.25. The normalized spacial score (nSPS) is 11.1. The highest BCUT2D eigenvalue weighted by molar-refractivity contribution is 7.16. The molecule has 1 N–H and O–H groups in total. The lowest BCUT2D eigenvalue weighted by Crippen LogP contribution is -2.03. The Morgan fingerprint density at radius 3 is 3.06 bits per heavy atom. The number of fused-ring (bicyclic) bond motifs is 1. The minimum atomic E-state index is -0.838. The zero-order chi connectivity index (χ0) is 11.8. The highest BCUT2D eigenvalue weighted by Crippen LogP contribution is 2.30. The second-order valence-electron chi connectivity index (χ2n) is 3.54.